The summed E-state index contributed by atoms with van der Waals surface area (Å²) in [4.78, 5) is 0. The molecule has 0 saturated heterocycles. The lowest BCUT2D eigenvalue weighted by molar-refractivity contribution is 1.81. The molecule has 0 fully saturated rings. The van der Waals surface area contributed by atoms with E-state index in [0.717, 1.165) is 5.22 Å². The quantitative estimate of drug-likeness (QED) is 0.454. The van der Waals surface area contributed by atoms with E-state index in [1.54, 1.807) is 0 Å². The van der Waals surface area contributed by atoms with Crippen molar-refractivity contribution in [1.82, 2.24) is 0 Å². The van der Waals surface area contributed by atoms with Gasteiger partial charge in [0, 0.05) is 0 Å². The molecule has 0 radical (unpaired) electrons. The molecule has 0 saturated carbocycles. The van der Waals surface area contributed by atoms with Crippen LogP contribution >= 0.6 is 0 Å². The average molecular weight is 102 g/mol. The van der Waals surface area contributed by atoms with Crippen LogP contribution in [0.25, 0.3) is 24.3 Å². The maximum Gasteiger partial charge on any atom is -0.00992 e. The van der Waals surface area contributed by atoms with Gasteiger partial charge in [0.25, 0.3) is 0 Å². The fourth-order valence-electron chi connectivity index (χ4n) is 1.00. The second-order valence-corrected chi connectivity index (χ2v) is 2.17. The third-order valence-corrected chi connectivity index (χ3v) is 1.54. The number of fused-ring (bicyclic) bond motifs is 1. The lowest BCUT2D eigenvalue weighted by atomic mass is 10.5. The Labute approximate surface area is 47.8 Å². The van der Waals surface area contributed by atoms with Crippen LogP contribution in [0.1, 0.15) is 0 Å². The first-order valence-corrected chi connectivity index (χ1v) is 2.61. The normalized spacial score (nSPS) is 11.5. The van der Waals surface area contributed by atoms with Crippen molar-refractivity contribution >= 4 is 13.2 Å². The smallest absolute Gasteiger partial charge is 0.00992 e. The molecule has 0 spiro atoms. The minimum Gasteiger partial charge on any atom is -0.0917 e. The molecule has 0 heteroatoms. The van der Waals surface area contributed by atoms with Gasteiger partial charge in [-0.25, -0.2) is 0 Å². The van der Waals surface area contributed by atoms with Crippen LogP contribution in [-0.4, -0.2) is 0 Å². The van der Waals surface area contributed by atoms with E-state index in [-0.39, 0.29) is 0 Å². The molecule has 2 aliphatic rings. The fraction of sp³-hybridized carbons (Fsp3) is 0. The highest BCUT2D eigenvalue weighted by Crippen LogP contribution is 2.19. The highest BCUT2D eigenvalue weighted by atomic mass is 14.2. The number of benzene rings is 1. The standard InChI is InChI=1S/C8H6/c1-5-3-7-6(2)8(7)4-5/h3-4H,1-2H2. The molecule has 0 N–H and O–H groups in total. The minimum absolute atomic E-state index is 1.11. The Hall–Kier alpha value is -1.04. The first kappa shape index (κ1) is 3.90. The number of hydrogen-bond donors (Lipinski definition) is 0. The van der Waals surface area contributed by atoms with Crippen LogP contribution in [0.3, 0.4) is 0 Å². The van der Waals surface area contributed by atoms with Crippen LogP contribution in [0.5, 0.6) is 0 Å². The Morgan fingerprint density at radius 1 is 1.00 bits per heavy atom. The molecule has 0 amide bonds. The van der Waals surface area contributed by atoms with Gasteiger partial charge in [-0.1, -0.05) is 13.2 Å². The molecule has 38 valence electrons. The average Bonchev–Trinajstić information content (AvgIpc) is 2.29. The van der Waals surface area contributed by atoms with Crippen LogP contribution in [0.4, 0.5) is 0 Å². The Morgan fingerprint density at radius 2 is 1.50 bits per heavy atom. The molecular weight excluding hydrogens is 96.1 g/mol. The zero-order chi connectivity index (χ0) is 5.72. The molecule has 0 nitrogen and oxygen atoms in total. The zero-order valence-corrected chi connectivity index (χ0v) is 4.57. The van der Waals surface area contributed by atoms with Gasteiger partial charge in [0.2, 0.25) is 0 Å². The van der Waals surface area contributed by atoms with Crippen LogP contribution in [0.2, 0.25) is 0 Å². The van der Waals surface area contributed by atoms with Gasteiger partial charge >= 0.3 is 0 Å². The van der Waals surface area contributed by atoms with Crippen LogP contribution in [0.15, 0.2) is 12.1 Å². The van der Waals surface area contributed by atoms with Gasteiger partial charge in [0.15, 0.2) is 0 Å². The summed E-state index contributed by atoms with van der Waals surface area (Å²) < 4.78 is 0. The molecule has 0 atom stereocenters. The molecule has 2 rings (SSSR count). The van der Waals surface area contributed by atoms with Gasteiger partial charge in [-0.2, -0.15) is 0 Å². The first-order valence-electron chi connectivity index (χ1n) is 2.61. The van der Waals surface area contributed by atoms with Crippen molar-refractivity contribution in [2.24, 2.45) is 0 Å². The van der Waals surface area contributed by atoms with Gasteiger partial charge in [0.05, 0.1) is 0 Å². The summed E-state index contributed by atoms with van der Waals surface area (Å²) >= 11 is 0. The van der Waals surface area contributed by atoms with Gasteiger partial charge in [-0.05, 0) is 33.7 Å². The Bertz CT molecular complexity index is 303. The van der Waals surface area contributed by atoms with E-state index in [9.17, 15) is 0 Å². The molecule has 2 aliphatic carbocycles. The highest BCUT2D eigenvalue weighted by Gasteiger charge is 2.13. The van der Waals surface area contributed by atoms with E-state index in [4.69, 9.17) is 0 Å². The van der Waals surface area contributed by atoms with Crippen LogP contribution < -0.4 is 10.4 Å². The summed E-state index contributed by atoms with van der Waals surface area (Å²) in [6.45, 7) is 7.58. The van der Waals surface area contributed by atoms with Gasteiger partial charge < -0.3 is 0 Å². The summed E-state index contributed by atoms with van der Waals surface area (Å²) in [5.74, 6) is 0. The minimum atomic E-state index is 1.11. The van der Waals surface area contributed by atoms with Crippen LogP contribution in [-0.2, 0) is 0 Å². The summed E-state index contributed by atoms with van der Waals surface area (Å²) in [5, 5.41) is 2.32. The molecule has 0 heterocycles. The van der Waals surface area contributed by atoms with E-state index < -0.39 is 0 Å². The number of hydrogen-bond acceptors (Lipinski definition) is 0. The largest absolute Gasteiger partial charge is 0.0917 e. The van der Waals surface area contributed by atoms with Crippen molar-refractivity contribution in [3.63, 3.8) is 0 Å². The Kier molecular flexibility index (Phi) is 0.426. The SMILES string of the molecule is C=c1cc2c(=C)c-2c1. The summed E-state index contributed by atoms with van der Waals surface area (Å²) in [6, 6.07) is 4.13. The summed E-state index contributed by atoms with van der Waals surface area (Å²) in [7, 11) is 0. The van der Waals surface area contributed by atoms with Crippen LogP contribution in [0, 0.1) is 0 Å². The Morgan fingerprint density at radius 3 is 1.88 bits per heavy atom. The lowest BCUT2D eigenvalue weighted by Gasteiger charge is -1.58. The molecule has 8 heavy (non-hydrogen) atoms. The summed E-state index contributed by atoms with van der Waals surface area (Å²) in [6.07, 6.45) is 0. The maximum atomic E-state index is 3.81. The van der Waals surface area contributed by atoms with Gasteiger partial charge in [0.1, 0.15) is 0 Å². The van der Waals surface area contributed by atoms with Gasteiger partial charge in [-0.3, -0.25) is 0 Å². The second kappa shape index (κ2) is 0.873. The molecule has 0 aromatic heterocycles. The van der Waals surface area contributed by atoms with E-state index in [1.165, 1.54) is 16.3 Å². The zero-order valence-electron chi connectivity index (χ0n) is 4.57. The maximum absolute atomic E-state index is 3.81. The van der Waals surface area contributed by atoms with E-state index in [0.29, 0.717) is 0 Å². The topological polar surface area (TPSA) is 0 Å². The van der Waals surface area contributed by atoms with E-state index >= 15 is 0 Å². The molecular formula is C8H6. The lowest BCUT2D eigenvalue weighted by Crippen LogP contribution is -1.88. The molecule has 0 aliphatic heterocycles. The fourth-order valence-corrected chi connectivity index (χ4v) is 1.00. The Balaban J connectivity index is 3.02. The molecule has 0 unspecified atom stereocenters. The highest BCUT2D eigenvalue weighted by molar-refractivity contribution is 5.82. The molecule has 0 bridgehead atoms. The third kappa shape index (κ3) is 0.270. The van der Waals surface area contributed by atoms with Crippen molar-refractivity contribution in [2.45, 2.75) is 0 Å². The van der Waals surface area contributed by atoms with Crippen molar-refractivity contribution in [1.29, 1.82) is 0 Å². The molecule has 0 aromatic rings. The van der Waals surface area contributed by atoms with Crippen molar-refractivity contribution < 1.29 is 0 Å². The summed E-state index contributed by atoms with van der Waals surface area (Å²) in [5.41, 5.74) is 2.63. The predicted molar refractivity (Wildman–Crippen MR) is 35.7 cm³/mol. The monoisotopic (exact) mass is 102 g/mol. The van der Waals surface area contributed by atoms with Gasteiger partial charge in [-0.15, -0.1) is 0 Å². The first-order chi connectivity index (χ1) is 3.79. The third-order valence-electron chi connectivity index (χ3n) is 1.54. The second-order valence-electron chi connectivity index (χ2n) is 2.17. The van der Waals surface area contributed by atoms with Crippen molar-refractivity contribution in [2.75, 3.05) is 0 Å². The van der Waals surface area contributed by atoms with E-state index in [1.807, 2.05) is 0 Å². The van der Waals surface area contributed by atoms with E-state index in [2.05, 4.69) is 25.3 Å². The predicted octanol–water partition coefficient (Wildman–Crippen LogP) is 0.488. The molecule has 0 aromatic carbocycles. The number of rotatable bonds is 0. The van der Waals surface area contributed by atoms with Crippen molar-refractivity contribution in [3.05, 3.63) is 22.6 Å². The van der Waals surface area contributed by atoms with Crippen molar-refractivity contribution in [3.8, 4) is 11.1 Å².